The van der Waals surface area contributed by atoms with Gasteiger partial charge in [0.15, 0.2) is 0 Å². The monoisotopic (exact) mass is 399 g/mol. The van der Waals surface area contributed by atoms with E-state index in [1.54, 1.807) is 6.07 Å². The van der Waals surface area contributed by atoms with Crippen molar-refractivity contribution in [3.63, 3.8) is 0 Å². The van der Waals surface area contributed by atoms with Gasteiger partial charge in [0, 0.05) is 20.2 Å². The maximum absolute atomic E-state index is 12.4. The van der Waals surface area contributed by atoms with E-state index in [9.17, 15) is 4.79 Å². The van der Waals surface area contributed by atoms with E-state index in [2.05, 4.69) is 21.2 Å². The quantitative estimate of drug-likeness (QED) is 0.543. The summed E-state index contributed by atoms with van der Waals surface area (Å²) < 4.78 is 1.79. The van der Waals surface area contributed by atoms with Gasteiger partial charge < -0.3 is 5.32 Å². The van der Waals surface area contributed by atoms with Crippen LogP contribution in [0.25, 0.3) is 10.1 Å². The number of hydrogen-bond acceptors (Lipinski definition) is 2. The molecule has 1 heterocycles. The van der Waals surface area contributed by atoms with Gasteiger partial charge in [-0.3, -0.25) is 4.79 Å². The molecule has 0 unspecified atom stereocenters. The zero-order valence-electron chi connectivity index (χ0n) is 10.5. The van der Waals surface area contributed by atoms with Crippen LogP contribution in [0.2, 0.25) is 10.0 Å². The van der Waals surface area contributed by atoms with Gasteiger partial charge in [-0.05, 0) is 30.3 Å². The van der Waals surface area contributed by atoms with Crippen LogP contribution in [0.1, 0.15) is 9.67 Å². The molecule has 0 saturated heterocycles. The molecular formula is C15H8BrCl2NOS. The Morgan fingerprint density at radius 3 is 2.62 bits per heavy atom. The van der Waals surface area contributed by atoms with Crippen molar-refractivity contribution < 1.29 is 4.79 Å². The van der Waals surface area contributed by atoms with Crippen molar-refractivity contribution in [2.24, 2.45) is 0 Å². The predicted molar refractivity (Wildman–Crippen MR) is 93.9 cm³/mol. The van der Waals surface area contributed by atoms with E-state index in [4.69, 9.17) is 23.2 Å². The highest BCUT2D eigenvalue weighted by Crippen LogP contribution is 2.39. The number of carbonyl (C=O) groups excluding carboxylic acids is 1. The Balaban J connectivity index is 1.99. The fourth-order valence-corrected chi connectivity index (χ4v) is 4.22. The minimum absolute atomic E-state index is 0.240. The van der Waals surface area contributed by atoms with Crippen LogP contribution in [0, 0.1) is 0 Å². The number of benzene rings is 2. The Kier molecular flexibility index (Phi) is 4.22. The highest BCUT2D eigenvalue weighted by atomic mass is 79.9. The zero-order valence-corrected chi connectivity index (χ0v) is 14.4. The van der Waals surface area contributed by atoms with Crippen LogP contribution >= 0.6 is 50.5 Å². The van der Waals surface area contributed by atoms with Gasteiger partial charge in [-0.2, -0.15) is 0 Å². The number of nitrogens with one attached hydrogen (secondary N) is 1. The molecule has 1 amide bonds. The second-order valence-electron chi connectivity index (χ2n) is 4.32. The summed E-state index contributed by atoms with van der Waals surface area (Å²) in [6.45, 7) is 0. The van der Waals surface area contributed by atoms with Gasteiger partial charge in [-0.25, -0.2) is 0 Å². The lowest BCUT2D eigenvalue weighted by Gasteiger charge is -2.04. The minimum Gasteiger partial charge on any atom is -0.321 e. The second-order valence-corrected chi connectivity index (χ2v) is 7.08. The van der Waals surface area contributed by atoms with Crippen molar-refractivity contribution in [3.8, 4) is 0 Å². The van der Waals surface area contributed by atoms with E-state index in [1.807, 2.05) is 36.4 Å². The summed E-state index contributed by atoms with van der Waals surface area (Å²) in [4.78, 5) is 12.8. The predicted octanol–water partition coefficient (Wildman–Crippen LogP) is 6.22. The van der Waals surface area contributed by atoms with E-state index in [0.717, 1.165) is 14.6 Å². The number of rotatable bonds is 2. The molecular weight excluding hydrogens is 393 g/mol. The van der Waals surface area contributed by atoms with Crippen LogP contribution in [0.15, 0.2) is 46.9 Å². The van der Waals surface area contributed by atoms with Crippen LogP contribution in [0.3, 0.4) is 0 Å². The average molecular weight is 401 g/mol. The topological polar surface area (TPSA) is 29.1 Å². The summed E-state index contributed by atoms with van der Waals surface area (Å²) in [5.41, 5.74) is 0.703. The van der Waals surface area contributed by atoms with Crippen molar-refractivity contribution in [1.29, 1.82) is 0 Å². The van der Waals surface area contributed by atoms with E-state index in [1.165, 1.54) is 11.3 Å². The molecule has 0 aliphatic carbocycles. The number of halogens is 3. The van der Waals surface area contributed by atoms with E-state index >= 15 is 0 Å². The van der Waals surface area contributed by atoms with Crippen molar-refractivity contribution in [3.05, 3.63) is 61.9 Å². The van der Waals surface area contributed by atoms with Crippen molar-refractivity contribution in [1.82, 2.24) is 0 Å². The Hall–Kier alpha value is -1.07. The summed E-state index contributed by atoms with van der Waals surface area (Å²) in [5.74, 6) is -0.240. The van der Waals surface area contributed by atoms with E-state index in [0.29, 0.717) is 20.6 Å². The van der Waals surface area contributed by atoms with Crippen molar-refractivity contribution in [2.75, 3.05) is 5.32 Å². The average Bonchev–Trinajstić information content (AvgIpc) is 2.77. The van der Waals surface area contributed by atoms with Gasteiger partial charge in [0.05, 0.1) is 10.0 Å². The first-order valence-electron chi connectivity index (χ1n) is 5.99. The highest BCUT2D eigenvalue weighted by Gasteiger charge is 2.18. The number of hydrogen-bond donors (Lipinski definition) is 1. The molecule has 3 aromatic rings. The number of fused-ring (bicyclic) bond motifs is 1. The van der Waals surface area contributed by atoms with Gasteiger partial charge in [0.1, 0.15) is 4.88 Å². The molecule has 106 valence electrons. The first kappa shape index (κ1) is 14.9. The van der Waals surface area contributed by atoms with Crippen molar-refractivity contribution >= 4 is 72.1 Å². The Bertz CT molecular complexity index is 847. The summed E-state index contributed by atoms with van der Waals surface area (Å²) in [5, 5.41) is 4.51. The normalized spacial score (nSPS) is 10.8. The fourth-order valence-electron chi connectivity index (χ4n) is 1.97. The van der Waals surface area contributed by atoms with Crippen LogP contribution < -0.4 is 5.32 Å². The minimum atomic E-state index is -0.240. The van der Waals surface area contributed by atoms with E-state index in [-0.39, 0.29) is 5.91 Å². The Morgan fingerprint density at radius 1 is 1.14 bits per heavy atom. The van der Waals surface area contributed by atoms with Gasteiger partial charge in [-0.1, -0.05) is 51.3 Å². The van der Waals surface area contributed by atoms with Crippen LogP contribution in [-0.2, 0) is 0 Å². The molecule has 0 atom stereocenters. The van der Waals surface area contributed by atoms with E-state index < -0.39 is 0 Å². The van der Waals surface area contributed by atoms with Crippen LogP contribution in [0.4, 0.5) is 5.69 Å². The Morgan fingerprint density at radius 2 is 1.90 bits per heavy atom. The Labute approximate surface area is 143 Å². The molecule has 0 aliphatic rings. The maximum atomic E-state index is 12.4. The third-order valence-corrected chi connectivity index (χ3v) is 5.35. The summed E-state index contributed by atoms with van der Waals surface area (Å²) in [7, 11) is 0. The second kappa shape index (κ2) is 5.97. The third kappa shape index (κ3) is 2.94. The number of anilines is 1. The van der Waals surface area contributed by atoms with Gasteiger partial charge in [-0.15, -0.1) is 11.3 Å². The standard InChI is InChI=1S/C15H8BrCl2NOS/c16-8-3-1-4-9(7-8)19-15(20)14-13(18)12-10(17)5-2-6-11(12)21-14/h1-7H,(H,19,20). The summed E-state index contributed by atoms with van der Waals surface area (Å²) in [6, 6.07) is 12.9. The van der Waals surface area contributed by atoms with Crippen LogP contribution in [0.5, 0.6) is 0 Å². The maximum Gasteiger partial charge on any atom is 0.267 e. The van der Waals surface area contributed by atoms with Gasteiger partial charge in [0.2, 0.25) is 0 Å². The number of amides is 1. The summed E-state index contributed by atoms with van der Waals surface area (Å²) in [6.07, 6.45) is 0. The SMILES string of the molecule is O=C(Nc1cccc(Br)c1)c1sc2cccc(Cl)c2c1Cl. The smallest absolute Gasteiger partial charge is 0.267 e. The number of carbonyl (C=O) groups is 1. The van der Waals surface area contributed by atoms with Crippen molar-refractivity contribution in [2.45, 2.75) is 0 Å². The molecule has 3 rings (SSSR count). The molecule has 0 aliphatic heterocycles. The lowest BCUT2D eigenvalue weighted by molar-refractivity contribution is 0.103. The lowest BCUT2D eigenvalue weighted by atomic mass is 10.2. The fraction of sp³-hybridized carbons (Fsp3) is 0. The first-order chi connectivity index (χ1) is 10.1. The first-order valence-corrected chi connectivity index (χ1v) is 8.36. The molecule has 0 bridgehead atoms. The lowest BCUT2D eigenvalue weighted by Crippen LogP contribution is -2.10. The molecule has 1 N–H and O–H groups in total. The molecule has 0 spiro atoms. The molecule has 2 aromatic carbocycles. The largest absolute Gasteiger partial charge is 0.321 e. The van der Waals surface area contributed by atoms with Crippen LogP contribution in [-0.4, -0.2) is 5.91 Å². The molecule has 1 aromatic heterocycles. The van der Waals surface area contributed by atoms with Gasteiger partial charge in [0.25, 0.3) is 5.91 Å². The zero-order chi connectivity index (χ0) is 15.0. The summed E-state index contributed by atoms with van der Waals surface area (Å²) >= 11 is 17.2. The van der Waals surface area contributed by atoms with Gasteiger partial charge >= 0.3 is 0 Å². The third-order valence-electron chi connectivity index (χ3n) is 2.89. The molecule has 0 saturated carbocycles. The number of thiophene rings is 1. The molecule has 0 fully saturated rings. The molecule has 2 nitrogen and oxygen atoms in total. The molecule has 21 heavy (non-hydrogen) atoms. The molecule has 6 heteroatoms. The molecule has 0 radical (unpaired) electrons. The highest BCUT2D eigenvalue weighted by molar-refractivity contribution is 9.10.